The highest BCUT2D eigenvalue weighted by atomic mass is 19.1. The van der Waals surface area contributed by atoms with Crippen molar-refractivity contribution in [3.8, 4) is 5.75 Å². The Morgan fingerprint density at radius 3 is 2.26 bits per heavy atom. The maximum atomic E-state index is 15.4. The maximum absolute atomic E-state index is 15.4. The number of hydrazine groups is 1. The summed E-state index contributed by atoms with van der Waals surface area (Å²) in [5.74, 6) is 2.85. The van der Waals surface area contributed by atoms with E-state index < -0.39 is 77.5 Å². The SMILES string of the molecule is CC[C@H](NC(C)=O)C(=O)N[C@@H](Cc1ccc(OC)cc1)C(=O)N1CCC[C@@]1(C)C(=O)NCCc1ccc2c(c1)CN(N)/C=C(\N)Cn1cc(c3cc(F)ccc31)C[C@@H]1NC(=O)[C@H](Cc3cccc(c3)C/C=C/CO[C@H](C)CCN(C)C1=O)NC(=O)CNC(=O)CCCCCC(=O)NC2. The number of aromatic nitrogens is 1. The third-order valence-electron chi connectivity index (χ3n) is 18.2. The highest BCUT2D eigenvalue weighted by Gasteiger charge is 2.47. The first-order valence-corrected chi connectivity index (χ1v) is 33.9. The molecular weight excluding hydrogens is 1250 g/mol. The number of nitrogens with one attached hydrogen (secondary N) is 7. The lowest BCUT2D eigenvalue weighted by molar-refractivity contribution is -0.146. The van der Waals surface area contributed by atoms with E-state index in [1.54, 1.807) is 75.3 Å². The van der Waals surface area contributed by atoms with Gasteiger partial charge in [0.1, 0.15) is 41.3 Å². The van der Waals surface area contributed by atoms with Crippen molar-refractivity contribution in [1.82, 2.24) is 56.6 Å². The molecule has 3 aliphatic rings. The number of hydrogen-bond donors (Lipinski definition) is 9. The summed E-state index contributed by atoms with van der Waals surface area (Å²) >= 11 is 0. The van der Waals surface area contributed by atoms with Crippen molar-refractivity contribution in [2.75, 3.05) is 46.9 Å². The van der Waals surface area contributed by atoms with E-state index in [9.17, 15) is 43.2 Å². The fourth-order valence-electron chi connectivity index (χ4n) is 12.7. The van der Waals surface area contributed by atoms with Crippen molar-refractivity contribution in [3.05, 3.63) is 160 Å². The summed E-state index contributed by atoms with van der Waals surface area (Å²) in [6.45, 7) is 7.69. The van der Waals surface area contributed by atoms with Crippen LogP contribution in [-0.2, 0) is 99.6 Å². The molecule has 4 aromatic carbocycles. The van der Waals surface area contributed by atoms with E-state index >= 15 is 4.39 Å². The van der Waals surface area contributed by atoms with E-state index in [4.69, 9.17) is 21.1 Å². The summed E-state index contributed by atoms with van der Waals surface area (Å²) in [6.07, 6.45) is 11.5. The number of likely N-dealkylation sites (N-methyl/N-ethyl adjacent to an activating group) is 1. The number of ether oxygens (including phenoxy) is 2. The number of carbonyl (C=O) groups is 9. The van der Waals surface area contributed by atoms with Crippen molar-refractivity contribution in [1.29, 1.82) is 0 Å². The summed E-state index contributed by atoms with van der Waals surface area (Å²) < 4.78 is 28.6. The Bertz CT molecular complexity index is 3730. The minimum Gasteiger partial charge on any atom is -0.497 e. The number of benzene rings is 4. The van der Waals surface area contributed by atoms with Crippen LogP contribution in [0, 0.1) is 5.82 Å². The van der Waals surface area contributed by atoms with Crippen molar-refractivity contribution in [2.45, 2.75) is 173 Å². The molecule has 6 atom stereocenters. The first-order chi connectivity index (χ1) is 47.0. The van der Waals surface area contributed by atoms with Gasteiger partial charge in [-0.15, -0.1) is 0 Å². The number of carbonyl (C=O) groups excluding carboxylic acids is 9. The number of methoxy groups -OCH3 is 1. The fraction of sp³-hybridized carbons (Fsp3) is 0.466. The number of fused-ring (bicyclic) bond motifs is 11. The molecular formula is C73H96FN13O11. The van der Waals surface area contributed by atoms with Crippen molar-refractivity contribution in [2.24, 2.45) is 11.6 Å². The lowest BCUT2D eigenvalue weighted by Gasteiger charge is -2.36. The lowest BCUT2D eigenvalue weighted by atomic mass is 9.95. The van der Waals surface area contributed by atoms with Gasteiger partial charge in [-0.25, -0.2) is 10.2 Å². The second kappa shape index (κ2) is 35.6. The van der Waals surface area contributed by atoms with Gasteiger partial charge in [0.2, 0.25) is 53.2 Å². The monoisotopic (exact) mass is 1350 g/mol. The molecule has 3 aliphatic heterocycles. The predicted molar refractivity (Wildman–Crippen MR) is 369 cm³/mol. The second-order valence-corrected chi connectivity index (χ2v) is 26.0. The highest BCUT2D eigenvalue weighted by molar-refractivity contribution is 5.97. The fourth-order valence-corrected chi connectivity index (χ4v) is 12.7. The van der Waals surface area contributed by atoms with E-state index in [-0.39, 0.29) is 102 Å². The zero-order chi connectivity index (χ0) is 70.5. The van der Waals surface area contributed by atoms with Gasteiger partial charge in [-0.2, -0.15) is 0 Å². The third kappa shape index (κ3) is 21.2. The summed E-state index contributed by atoms with van der Waals surface area (Å²) in [5, 5.41) is 22.0. The molecule has 0 spiro atoms. The molecule has 1 saturated heterocycles. The molecule has 0 radical (unpaired) electrons. The third-order valence-corrected chi connectivity index (χ3v) is 18.2. The second-order valence-electron chi connectivity index (χ2n) is 26.0. The van der Waals surface area contributed by atoms with Gasteiger partial charge in [-0.05, 0) is 134 Å². The molecule has 1 aromatic heterocycles. The number of nitrogens with two attached hydrogens (primary N) is 2. The van der Waals surface area contributed by atoms with Gasteiger partial charge in [-0.1, -0.05) is 80.1 Å². The first kappa shape index (κ1) is 74.2. The Hall–Kier alpha value is -9.62. The molecule has 0 unspecified atom stereocenters. The topological polar surface area (TPSA) is 323 Å². The lowest BCUT2D eigenvalue weighted by Crippen LogP contribution is -2.61. The van der Waals surface area contributed by atoms with Crippen molar-refractivity contribution < 1.29 is 57.0 Å². The van der Waals surface area contributed by atoms with Crippen LogP contribution >= 0.6 is 0 Å². The molecule has 24 nitrogen and oxygen atoms in total. The van der Waals surface area contributed by atoms with E-state index in [0.29, 0.717) is 85.9 Å². The van der Waals surface area contributed by atoms with Crippen LogP contribution in [0.25, 0.3) is 10.9 Å². The number of halogens is 1. The Balaban J connectivity index is 1.04. The van der Waals surface area contributed by atoms with E-state index in [1.165, 1.54) is 33.9 Å². The molecule has 526 valence electrons. The minimum atomic E-state index is -1.27. The molecule has 11 N–H and O–H groups in total. The van der Waals surface area contributed by atoms with Gasteiger partial charge in [0.25, 0.3) is 0 Å². The standard InChI is InChI=1S/C73H96FN13O11/c1-7-60(80-48(3)88)68(92)82-62(37-50-21-25-58(97-6)26-22-50)71(95)87-32-14-30-73(87,4)72(96)77-31-28-51-20-23-53-41-78-65(89)18-9-8-10-19-66(90)79-42-67(91)81-61-38-52-17-13-16-49(35-52)15-11-12-34-98-47(2)29-33-84(5)70(94)63(83-69(61)93)39-55-43-85(64-27-24-56(74)40-59(55)64)45-57(75)46-86(76)44-54(53)36-51/h11-13,16-17,20-27,35-36,40,43,46-47,60-63H,7-10,14-15,18-19,28-34,37-39,41-42,44-45,75-76H2,1-6H3,(H,77,96)(H,78,89)(H,79,90)(H,80,88)(H,81,91)(H,82,92)(H,83,93)/b12-11+,57-46-/t47-,60+,61+,62+,63+,73+/m1/s1. The van der Waals surface area contributed by atoms with Crippen LogP contribution in [0.2, 0.25) is 0 Å². The van der Waals surface area contributed by atoms with Gasteiger partial charge in [0, 0.05) is 101 Å². The van der Waals surface area contributed by atoms with Crippen LogP contribution in [-0.4, -0.2) is 155 Å². The molecule has 9 amide bonds. The maximum Gasteiger partial charge on any atom is 0.246 e. The molecule has 0 aliphatic carbocycles. The molecule has 5 aromatic rings. The molecule has 25 heteroatoms. The summed E-state index contributed by atoms with van der Waals surface area (Å²) in [5.41, 5.74) is 11.7. The Morgan fingerprint density at radius 2 is 1.52 bits per heavy atom. The number of rotatable bonds is 12. The molecule has 98 heavy (non-hydrogen) atoms. The van der Waals surface area contributed by atoms with Gasteiger partial charge >= 0.3 is 0 Å². The summed E-state index contributed by atoms with van der Waals surface area (Å²) in [6, 6.07) is 20.4. The van der Waals surface area contributed by atoms with E-state index in [1.807, 2.05) is 61.5 Å². The molecule has 8 rings (SSSR count). The summed E-state index contributed by atoms with van der Waals surface area (Å²) in [4.78, 5) is 128. The molecule has 0 saturated carbocycles. The Kier molecular flexibility index (Phi) is 26.9. The van der Waals surface area contributed by atoms with Crippen LogP contribution in [0.4, 0.5) is 4.39 Å². The highest BCUT2D eigenvalue weighted by Crippen LogP contribution is 2.31. The molecule has 4 heterocycles. The quantitative estimate of drug-likeness (QED) is 0.0616. The minimum absolute atomic E-state index is 0.0458. The number of allylic oxidation sites excluding steroid dienone is 2. The van der Waals surface area contributed by atoms with E-state index in [2.05, 4.69) is 37.2 Å². The van der Waals surface area contributed by atoms with Crippen LogP contribution in [0.15, 0.2) is 115 Å². The van der Waals surface area contributed by atoms with Crippen molar-refractivity contribution >= 4 is 64.1 Å². The zero-order valence-electron chi connectivity index (χ0n) is 57.1. The smallest absolute Gasteiger partial charge is 0.246 e. The van der Waals surface area contributed by atoms with Crippen LogP contribution in [0.1, 0.15) is 124 Å². The van der Waals surface area contributed by atoms with Gasteiger partial charge in [-0.3, -0.25) is 43.2 Å². The Labute approximate surface area is 572 Å². The number of likely N-dealkylation sites (tertiary alicyclic amines) is 1. The number of amides is 9. The van der Waals surface area contributed by atoms with Crippen molar-refractivity contribution in [3.63, 3.8) is 0 Å². The summed E-state index contributed by atoms with van der Waals surface area (Å²) in [7, 11) is 3.19. The van der Waals surface area contributed by atoms with Gasteiger partial charge in [0.05, 0.1) is 39.5 Å². The average Bonchev–Trinajstić information content (AvgIpc) is 1.57. The van der Waals surface area contributed by atoms with Crippen LogP contribution in [0.5, 0.6) is 5.75 Å². The predicted octanol–water partition coefficient (Wildman–Crippen LogP) is 4.46. The van der Waals surface area contributed by atoms with E-state index in [0.717, 1.165) is 33.4 Å². The normalized spacial score (nSPS) is 21.8. The Morgan fingerprint density at radius 1 is 0.786 bits per heavy atom. The molecule has 1 fully saturated rings. The van der Waals surface area contributed by atoms with Crippen LogP contribution < -0.4 is 53.5 Å². The number of nitrogens with zero attached hydrogens (tertiary/aromatic N) is 4. The van der Waals surface area contributed by atoms with Gasteiger partial charge < -0.3 is 71.8 Å². The first-order valence-electron chi connectivity index (χ1n) is 33.9. The number of hydrogen-bond acceptors (Lipinski definition) is 14. The van der Waals surface area contributed by atoms with Crippen LogP contribution in [0.3, 0.4) is 0 Å². The average molecular weight is 1350 g/mol. The largest absolute Gasteiger partial charge is 0.497 e. The molecule has 6 bridgehead atoms. The van der Waals surface area contributed by atoms with Gasteiger partial charge in [0.15, 0.2) is 0 Å². The zero-order valence-corrected chi connectivity index (χ0v) is 57.1.